The van der Waals surface area contributed by atoms with Crippen molar-refractivity contribution in [3.63, 3.8) is 0 Å². The maximum Gasteiger partial charge on any atom is 0.237 e. The molecule has 178 valence electrons. The second-order valence-electron chi connectivity index (χ2n) is 11.0. The maximum atomic E-state index is 13.6. The van der Waals surface area contributed by atoms with E-state index in [2.05, 4.69) is 46.8 Å². The number of hydrogen-bond acceptors (Lipinski definition) is 4. The van der Waals surface area contributed by atoms with Crippen molar-refractivity contribution in [2.45, 2.75) is 76.9 Å². The van der Waals surface area contributed by atoms with Crippen molar-refractivity contribution >= 4 is 34.2 Å². The minimum atomic E-state index is -0.516. The van der Waals surface area contributed by atoms with Crippen LogP contribution in [0, 0.1) is 0 Å². The summed E-state index contributed by atoms with van der Waals surface area (Å²) in [5, 5.41) is 0.458. The molecule has 6 rings (SSSR count). The summed E-state index contributed by atoms with van der Waals surface area (Å²) in [5.74, 6) is 0.210. The highest BCUT2D eigenvalue weighted by Gasteiger charge is 2.50. The molecule has 0 bridgehead atoms. The molecule has 2 aliphatic heterocycles. The highest BCUT2D eigenvalue weighted by atomic mass is 35.5. The van der Waals surface area contributed by atoms with Crippen LogP contribution in [-0.4, -0.2) is 50.5 Å². The molecule has 6 nitrogen and oxygen atoms in total. The topological polar surface area (TPSA) is 54.3 Å². The normalized spacial score (nSPS) is 24.3. The first-order valence-electron chi connectivity index (χ1n) is 12.5. The molecule has 1 amide bonds. The smallest absolute Gasteiger partial charge is 0.237 e. The third kappa shape index (κ3) is 3.22. The minimum Gasteiger partial charge on any atom is -0.326 e. The second-order valence-corrected chi connectivity index (χ2v) is 11.3. The fraction of sp³-hybridized carbons (Fsp3) is 0.519. The van der Waals surface area contributed by atoms with Crippen molar-refractivity contribution in [3.05, 3.63) is 41.3 Å². The van der Waals surface area contributed by atoms with Crippen LogP contribution in [0.3, 0.4) is 0 Å². The van der Waals surface area contributed by atoms with Crippen molar-refractivity contribution in [2.75, 3.05) is 18.0 Å². The summed E-state index contributed by atoms with van der Waals surface area (Å²) in [7, 11) is 0. The zero-order chi connectivity index (χ0) is 23.8. The molecular weight excluding hydrogens is 446 g/mol. The Morgan fingerprint density at radius 2 is 1.82 bits per heavy atom. The number of rotatable bonds is 4. The van der Waals surface area contributed by atoms with Gasteiger partial charge in [0.05, 0.1) is 23.0 Å². The number of imidazole rings is 1. The van der Waals surface area contributed by atoms with Crippen LogP contribution in [0.5, 0.6) is 0 Å². The lowest BCUT2D eigenvalue weighted by Gasteiger charge is -2.45. The van der Waals surface area contributed by atoms with Gasteiger partial charge >= 0.3 is 0 Å². The Kier molecular flexibility index (Phi) is 5.05. The van der Waals surface area contributed by atoms with E-state index in [4.69, 9.17) is 16.6 Å². The van der Waals surface area contributed by atoms with E-state index in [9.17, 15) is 4.79 Å². The number of fused-ring (bicyclic) bond motifs is 2. The van der Waals surface area contributed by atoms with Gasteiger partial charge in [-0.3, -0.25) is 4.79 Å². The van der Waals surface area contributed by atoms with Crippen LogP contribution >= 0.6 is 11.6 Å². The highest BCUT2D eigenvalue weighted by Crippen LogP contribution is 2.47. The van der Waals surface area contributed by atoms with Crippen LogP contribution in [0.1, 0.15) is 65.0 Å². The Balaban J connectivity index is 1.36. The summed E-state index contributed by atoms with van der Waals surface area (Å²) < 4.78 is 2.05. The minimum absolute atomic E-state index is 0.210. The molecule has 0 N–H and O–H groups in total. The molecule has 3 aromatic rings. The van der Waals surface area contributed by atoms with Crippen molar-refractivity contribution < 1.29 is 4.79 Å². The van der Waals surface area contributed by atoms with E-state index < -0.39 is 5.41 Å². The van der Waals surface area contributed by atoms with Crippen molar-refractivity contribution in [1.82, 2.24) is 19.4 Å². The van der Waals surface area contributed by atoms with Gasteiger partial charge in [-0.05, 0) is 84.2 Å². The maximum absolute atomic E-state index is 13.6. The lowest BCUT2D eigenvalue weighted by Crippen LogP contribution is -2.55. The molecule has 7 heteroatoms. The SMILES string of the molecule is CC(C)n1cnc2cc(-c3ccc4c(c3)N(C3CC(N5CCCC5)C3)C(=O)C4(C)C)nc(Cl)c21. The van der Waals surface area contributed by atoms with Crippen molar-refractivity contribution in [3.8, 4) is 11.3 Å². The van der Waals surface area contributed by atoms with Gasteiger partial charge < -0.3 is 14.4 Å². The number of amides is 1. The van der Waals surface area contributed by atoms with E-state index in [0.717, 1.165) is 46.4 Å². The third-order valence-corrected chi connectivity index (χ3v) is 8.42. The number of pyridine rings is 1. The van der Waals surface area contributed by atoms with Gasteiger partial charge in [0, 0.05) is 29.4 Å². The Hall–Kier alpha value is -2.44. The Morgan fingerprint density at radius 3 is 2.53 bits per heavy atom. The first kappa shape index (κ1) is 22.1. The average molecular weight is 478 g/mol. The Morgan fingerprint density at radius 1 is 1.09 bits per heavy atom. The van der Waals surface area contributed by atoms with Crippen molar-refractivity contribution in [1.29, 1.82) is 0 Å². The van der Waals surface area contributed by atoms with E-state index in [1.807, 2.05) is 30.8 Å². The Bertz CT molecular complexity index is 1280. The highest BCUT2D eigenvalue weighted by molar-refractivity contribution is 6.34. The molecule has 1 aromatic carbocycles. The van der Waals surface area contributed by atoms with Gasteiger partial charge in [0.15, 0.2) is 5.15 Å². The quantitative estimate of drug-likeness (QED) is 0.460. The molecule has 0 radical (unpaired) electrons. The number of carbonyl (C=O) groups is 1. The number of likely N-dealkylation sites (tertiary alicyclic amines) is 1. The lowest BCUT2D eigenvalue weighted by molar-refractivity contribution is -0.123. The fourth-order valence-electron chi connectivity index (χ4n) is 6.04. The van der Waals surface area contributed by atoms with Crippen LogP contribution in [0.2, 0.25) is 5.15 Å². The van der Waals surface area contributed by atoms with Gasteiger partial charge in [-0.1, -0.05) is 23.7 Å². The second kappa shape index (κ2) is 7.79. The zero-order valence-corrected chi connectivity index (χ0v) is 21.1. The summed E-state index contributed by atoms with van der Waals surface area (Å²) in [6.45, 7) is 10.7. The Labute approximate surface area is 205 Å². The first-order chi connectivity index (χ1) is 16.3. The van der Waals surface area contributed by atoms with Crippen LogP contribution in [0.25, 0.3) is 22.3 Å². The number of anilines is 1. The largest absolute Gasteiger partial charge is 0.326 e. The number of hydrogen-bond donors (Lipinski definition) is 0. The fourth-order valence-corrected chi connectivity index (χ4v) is 6.32. The van der Waals surface area contributed by atoms with Gasteiger partial charge in [-0.25, -0.2) is 9.97 Å². The van der Waals surface area contributed by atoms with Crippen molar-refractivity contribution in [2.24, 2.45) is 0 Å². The molecular formula is C27H32ClN5O. The number of halogens is 1. The molecule has 0 spiro atoms. The predicted octanol–water partition coefficient (Wildman–Crippen LogP) is 5.58. The molecule has 2 aromatic heterocycles. The third-order valence-electron chi connectivity index (χ3n) is 8.16. The molecule has 1 saturated carbocycles. The summed E-state index contributed by atoms with van der Waals surface area (Å²) >= 11 is 6.64. The van der Waals surface area contributed by atoms with E-state index in [-0.39, 0.29) is 18.0 Å². The summed E-state index contributed by atoms with van der Waals surface area (Å²) in [6, 6.07) is 9.45. The molecule has 3 aliphatic rings. The molecule has 4 heterocycles. The lowest BCUT2D eigenvalue weighted by atomic mass is 9.83. The molecule has 34 heavy (non-hydrogen) atoms. The van der Waals surface area contributed by atoms with E-state index in [1.165, 1.54) is 25.9 Å². The van der Waals surface area contributed by atoms with Gasteiger partial charge in [-0.15, -0.1) is 0 Å². The van der Waals surface area contributed by atoms with Crippen LogP contribution in [0.4, 0.5) is 5.69 Å². The summed E-state index contributed by atoms with van der Waals surface area (Å²) in [4.78, 5) is 27.5. The first-order valence-corrected chi connectivity index (χ1v) is 12.9. The van der Waals surface area contributed by atoms with Crippen LogP contribution in [0.15, 0.2) is 30.6 Å². The van der Waals surface area contributed by atoms with E-state index in [1.54, 1.807) is 0 Å². The molecule has 1 aliphatic carbocycles. The molecule has 0 unspecified atom stereocenters. The summed E-state index contributed by atoms with van der Waals surface area (Å²) in [6.07, 6.45) is 6.56. The van der Waals surface area contributed by atoms with Gasteiger partial charge in [-0.2, -0.15) is 0 Å². The monoisotopic (exact) mass is 477 g/mol. The molecule has 1 saturated heterocycles. The van der Waals surface area contributed by atoms with Crippen LogP contribution < -0.4 is 4.90 Å². The van der Waals surface area contributed by atoms with E-state index >= 15 is 0 Å². The number of aromatic nitrogens is 3. The molecule has 2 fully saturated rings. The average Bonchev–Trinajstić information content (AvgIpc) is 3.48. The van der Waals surface area contributed by atoms with E-state index in [0.29, 0.717) is 11.2 Å². The number of benzene rings is 1. The predicted molar refractivity (Wildman–Crippen MR) is 136 cm³/mol. The van der Waals surface area contributed by atoms with Gasteiger partial charge in [0.2, 0.25) is 5.91 Å². The van der Waals surface area contributed by atoms with Gasteiger partial charge in [0.25, 0.3) is 0 Å². The molecule has 0 atom stereocenters. The standard InChI is InChI=1S/C27H32ClN5O/c1-16(2)32-15-29-22-14-21(30-25(28)24(22)32)17-7-8-20-23(11-17)33(26(34)27(20,3)4)19-12-18(13-19)31-9-5-6-10-31/h7-8,11,14-16,18-19H,5-6,9-10,12-13H2,1-4H3. The number of carbonyl (C=O) groups excluding carboxylic acids is 1. The van der Waals surface area contributed by atoms with Crippen LogP contribution in [-0.2, 0) is 10.2 Å². The number of nitrogens with zero attached hydrogens (tertiary/aromatic N) is 5. The zero-order valence-electron chi connectivity index (χ0n) is 20.4. The van der Waals surface area contributed by atoms with Gasteiger partial charge in [0.1, 0.15) is 5.52 Å². The summed E-state index contributed by atoms with van der Waals surface area (Å²) in [5.41, 5.74) is 5.07.